The van der Waals surface area contributed by atoms with Gasteiger partial charge in [-0.2, -0.15) is 4.98 Å². The van der Waals surface area contributed by atoms with Gasteiger partial charge in [-0.25, -0.2) is 18.2 Å². The standard InChI is InChI=1S/C20H19F3N4/c1-3-27(12-14-7-5-4-6-8-14)20-24-13(2)11-17(26-20)25-16-10-9-15(21)18(22)19(16)23/h4-11H,3,12H2,1-2H3,(H,24,25,26). The van der Waals surface area contributed by atoms with Crippen molar-refractivity contribution in [2.75, 3.05) is 16.8 Å². The minimum absolute atomic E-state index is 0.191. The fourth-order valence-corrected chi connectivity index (χ4v) is 2.65. The molecule has 0 amide bonds. The third kappa shape index (κ3) is 4.36. The zero-order valence-electron chi connectivity index (χ0n) is 15.0. The van der Waals surface area contributed by atoms with Gasteiger partial charge in [-0.15, -0.1) is 0 Å². The van der Waals surface area contributed by atoms with Crippen molar-refractivity contribution in [3.05, 3.63) is 77.2 Å². The fourth-order valence-electron chi connectivity index (χ4n) is 2.65. The molecule has 0 saturated heterocycles. The molecule has 0 spiro atoms. The second-order valence-electron chi connectivity index (χ2n) is 6.04. The lowest BCUT2D eigenvalue weighted by atomic mass is 10.2. The van der Waals surface area contributed by atoms with Gasteiger partial charge in [0.15, 0.2) is 17.5 Å². The molecule has 0 aliphatic heterocycles. The molecule has 0 aliphatic carbocycles. The number of hydrogen-bond acceptors (Lipinski definition) is 4. The van der Waals surface area contributed by atoms with Crippen LogP contribution in [0.5, 0.6) is 0 Å². The smallest absolute Gasteiger partial charge is 0.227 e. The summed E-state index contributed by atoms with van der Waals surface area (Å²) in [6, 6.07) is 13.5. The molecule has 7 heteroatoms. The molecule has 27 heavy (non-hydrogen) atoms. The number of benzene rings is 2. The highest BCUT2D eigenvalue weighted by Gasteiger charge is 2.15. The summed E-state index contributed by atoms with van der Waals surface area (Å²) in [4.78, 5) is 10.8. The molecule has 3 rings (SSSR count). The Morgan fingerprint density at radius 2 is 1.70 bits per heavy atom. The monoisotopic (exact) mass is 372 g/mol. The maximum atomic E-state index is 13.9. The van der Waals surface area contributed by atoms with Crippen LogP contribution in [0.2, 0.25) is 0 Å². The van der Waals surface area contributed by atoms with Crippen LogP contribution in [0.3, 0.4) is 0 Å². The molecule has 3 aromatic rings. The van der Waals surface area contributed by atoms with Gasteiger partial charge >= 0.3 is 0 Å². The molecule has 1 N–H and O–H groups in total. The summed E-state index contributed by atoms with van der Waals surface area (Å²) in [6.45, 7) is 5.04. The summed E-state index contributed by atoms with van der Waals surface area (Å²) in [5, 5.41) is 2.70. The Labute approximate surface area is 155 Å². The van der Waals surface area contributed by atoms with Crippen LogP contribution in [0, 0.1) is 24.4 Å². The second kappa shape index (κ2) is 8.07. The minimum Gasteiger partial charge on any atom is -0.338 e. The number of nitrogens with zero attached hydrogens (tertiary/aromatic N) is 3. The first-order valence-corrected chi connectivity index (χ1v) is 8.53. The van der Waals surface area contributed by atoms with E-state index in [-0.39, 0.29) is 5.69 Å². The van der Waals surface area contributed by atoms with Gasteiger partial charge in [0.1, 0.15) is 5.82 Å². The van der Waals surface area contributed by atoms with Crippen molar-refractivity contribution in [2.24, 2.45) is 0 Å². The predicted octanol–water partition coefficient (Wildman–Crippen LogP) is 4.97. The van der Waals surface area contributed by atoms with E-state index in [0.29, 0.717) is 30.5 Å². The van der Waals surface area contributed by atoms with E-state index in [1.807, 2.05) is 42.2 Å². The number of rotatable bonds is 6. The van der Waals surface area contributed by atoms with Crippen LogP contribution in [0.15, 0.2) is 48.5 Å². The third-order valence-corrected chi connectivity index (χ3v) is 4.02. The number of aromatic nitrogens is 2. The van der Waals surface area contributed by atoms with Crippen LogP contribution < -0.4 is 10.2 Å². The van der Waals surface area contributed by atoms with Gasteiger partial charge in [0.2, 0.25) is 5.95 Å². The van der Waals surface area contributed by atoms with Gasteiger partial charge in [0, 0.05) is 24.8 Å². The van der Waals surface area contributed by atoms with Crippen molar-refractivity contribution >= 4 is 17.5 Å². The molecule has 0 unspecified atom stereocenters. The average molecular weight is 372 g/mol. The molecule has 2 aromatic carbocycles. The lowest BCUT2D eigenvalue weighted by Crippen LogP contribution is -2.24. The SMILES string of the molecule is CCN(Cc1ccccc1)c1nc(C)cc(Nc2ccc(F)c(F)c2F)n1. The van der Waals surface area contributed by atoms with Crippen molar-refractivity contribution < 1.29 is 13.2 Å². The first-order valence-electron chi connectivity index (χ1n) is 8.53. The Kier molecular flexibility index (Phi) is 5.59. The molecule has 0 atom stereocenters. The van der Waals surface area contributed by atoms with E-state index in [0.717, 1.165) is 17.7 Å². The Morgan fingerprint density at radius 1 is 0.963 bits per heavy atom. The summed E-state index contributed by atoms with van der Waals surface area (Å²) < 4.78 is 40.5. The number of anilines is 3. The zero-order valence-corrected chi connectivity index (χ0v) is 15.0. The van der Waals surface area contributed by atoms with Gasteiger partial charge in [0.05, 0.1) is 5.69 Å². The summed E-state index contributed by atoms with van der Waals surface area (Å²) in [5.41, 5.74) is 1.58. The van der Waals surface area contributed by atoms with Crippen LogP contribution in [0.4, 0.5) is 30.6 Å². The van der Waals surface area contributed by atoms with Crippen molar-refractivity contribution in [1.29, 1.82) is 0 Å². The summed E-state index contributed by atoms with van der Waals surface area (Å²) in [6.07, 6.45) is 0. The molecule has 0 aliphatic rings. The highest BCUT2D eigenvalue weighted by atomic mass is 19.2. The average Bonchev–Trinajstić information content (AvgIpc) is 2.67. The van der Waals surface area contributed by atoms with Crippen LogP contribution in [-0.2, 0) is 6.54 Å². The predicted molar refractivity (Wildman–Crippen MR) is 99.5 cm³/mol. The van der Waals surface area contributed by atoms with E-state index < -0.39 is 17.5 Å². The quantitative estimate of drug-likeness (QED) is 0.620. The summed E-state index contributed by atoms with van der Waals surface area (Å²) in [7, 11) is 0. The number of aryl methyl sites for hydroxylation is 1. The molecular weight excluding hydrogens is 353 g/mol. The van der Waals surface area contributed by atoms with Crippen LogP contribution in [0.25, 0.3) is 0 Å². The van der Waals surface area contributed by atoms with Crippen LogP contribution in [-0.4, -0.2) is 16.5 Å². The molecule has 1 heterocycles. The molecule has 140 valence electrons. The minimum atomic E-state index is -1.52. The Hall–Kier alpha value is -3.09. The largest absolute Gasteiger partial charge is 0.338 e. The third-order valence-electron chi connectivity index (χ3n) is 4.02. The maximum absolute atomic E-state index is 13.9. The van der Waals surface area contributed by atoms with E-state index in [1.165, 1.54) is 0 Å². The normalized spacial score (nSPS) is 10.7. The molecule has 0 bridgehead atoms. The molecule has 0 saturated carbocycles. The summed E-state index contributed by atoms with van der Waals surface area (Å²) in [5.74, 6) is -3.28. The molecule has 1 aromatic heterocycles. The van der Waals surface area contributed by atoms with E-state index in [4.69, 9.17) is 0 Å². The fraction of sp³-hybridized carbons (Fsp3) is 0.200. The maximum Gasteiger partial charge on any atom is 0.227 e. The van der Waals surface area contributed by atoms with E-state index in [2.05, 4.69) is 15.3 Å². The lowest BCUT2D eigenvalue weighted by Gasteiger charge is -2.22. The Balaban J connectivity index is 1.88. The van der Waals surface area contributed by atoms with Crippen LogP contribution >= 0.6 is 0 Å². The zero-order chi connectivity index (χ0) is 19.4. The van der Waals surface area contributed by atoms with Gasteiger partial charge in [-0.05, 0) is 31.5 Å². The van der Waals surface area contributed by atoms with Crippen molar-refractivity contribution in [1.82, 2.24) is 9.97 Å². The molecule has 4 nitrogen and oxygen atoms in total. The topological polar surface area (TPSA) is 41.1 Å². The Morgan fingerprint density at radius 3 is 2.41 bits per heavy atom. The van der Waals surface area contributed by atoms with Gasteiger partial charge in [-0.3, -0.25) is 0 Å². The highest BCUT2D eigenvalue weighted by molar-refractivity contribution is 5.58. The van der Waals surface area contributed by atoms with E-state index >= 15 is 0 Å². The first kappa shape index (κ1) is 18.7. The van der Waals surface area contributed by atoms with Gasteiger partial charge in [-0.1, -0.05) is 30.3 Å². The highest BCUT2D eigenvalue weighted by Crippen LogP contribution is 2.24. The van der Waals surface area contributed by atoms with Crippen molar-refractivity contribution in [3.8, 4) is 0 Å². The Bertz CT molecular complexity index is 932. The van der Waals surface area contributed by atoms with Crippen molar-refractivity contribution in [3.63, 3.8) is 0 Å². The molecule has 0 radical (unpaired) electrons. The summed E-state index contributed by atoms with van der Waals surface area (Å²) >= 11 is 0. The van der Waals surface area contributed by atoms with Crippen LogP contribution in [0.1, 0.15) is 18.2 Å². The second-order valence-corrected chi connectivity index (χ2v) is 6.04. The number of halogens is 3. The molecule has 0 fully saturated rings. The lowest BCUT2D eigenvalue weighted by molar-refractivity contribution is 0.449. The first-order chi connectivity index (χ1) is 13.0. The van der Waals surface area contributed by atoms with Gasteiger partial charge in [0.25, 0.3) is 0 Å². The van der Waals surface area contributed by atoms with E-state index in [9.17, 15) is 13.2 Å². The number of nitrogens with one attached hydrogen (secondary N) is 1. The van der Waals surface area contributed by atoms with Crippen molar-refractivity contribution in [2.45, 2.75) is 20.4 Å². The number of hydrogen-bond donors (Lipinski definition) is 1. The molecular formula is C20H19F3N4. The van der Waals surface area contributed by atoms with E-state index in [1.54, 1.807) is 13.0 Å². The van der Waals surface area contributed by atoms with Gasteiger partial charge < -0.3 is 10.2 Å².